The van der Waals surface area contributed by atoms with Crippen molar-refractivity contribution in [2.45, 2.75) is 53.1 Å². The van der Waals surface area contributed by atoms with Gasteiger partial charge in [-0.3, -0.25) is 9.78 Å². The van der Waals surface area contributed by atoms with Crippen LogP contribution >= 0.6 is 0 Å². The highest BCUT2D eigenvalue weighted by Crippen LogP contribution is 2.21. The lowest BCUT2D eigenvalue weighted by Gasteiger charge is -2.21. The van der Waals surface area contributed by atoms with Crippen molar-refractivity contribution in [2.24, 2.45) is 5.41 Å². The van der Waals surface area contributed by atoms with Gasteiger partial charge in [0, 0.05) is 18.4 Å². The Bertz CT molecular complexity index is 407. The van der Waals surface area contributed by atoms with E-state index in [2.05, 4.69) is 31.1 Å². The quantitative estimate of drug-likeness (QED) is 0.829. The van der Waals surface area contributed by atoms with Crippen molar-refractivity contribution in [3.8, 4) is 0 Å². The summed E-state index contributed by atoms with van der Waals surface area (Å²) in [6.07, 6.45) is 3.30. The minimum Gasteiger partial charge on any atom is -0.480 e. The number of pyridine rings is 1. The third-order valence-corrected chi connectivity index (χ3v) is 3.01. The Morgan fingerprint density at radius 3 is 2.58 bits per heavy atom. The molecule has 106 valence electrons. The van der Waals surface area contributed by atoms with Crippen LogP contribution in [0, 0.1) is 12.3 Å². The van der Waals surface area contributed by atoms with Crippen LogP contribution in [0.4, 0.5) is 0 Å². The molecule has 4 heteroatoms. The molecule has 1 atom stereocenters. The molecule has 0 aromatic carbocycles. The summed E-state index contributed by atoms with van der Waals surface area (Å²) in [5, 5.41) is 12.3. The zero-order chi connectivity index (χ0) is 14.5. The molecule has 1 heterocycles. The minimum atomic E-state index is -0.788. The van der Waals surface area contributed by atoms with Crippen LogP contribution < -0.4 is 5.32 Å². The van der Waals surface area contributed by atoms with Crippen LogP contribution in [0.1, 0.15) is 44.9 Å². The SMILES string of the molecule is Cc1ccc(CNC(CCC(C)(C)C)C(=O)O)cn1. The fourth-order valence-electron chi connectivity index (χ4n) is 1.73. The van der Waals surface area contributed by atoms with E-state index in [-0.39, 0.29) is 5.41 Å². The molecule has 1 unspecified atom stereocenters. The van der Waals surface area contributed by atoms with Crippen molar-refractivity contribution in [3.63, 3.8) is 0 Å². The fourth-order valence-corrected chi connectivity index (χ4v) is 1.73. The lowest BCUT2D eigenvalue weighted by molar-refractivity contribution is -0.139. The Morgan fingerprint density at radius 1 is 1.42 bits per heavy atom. The monoisotopic (exact) mass is 264 g/mol. The molecule has 2 N–H and O–H groups in total. The summed E-state index contributed by atoms with van der Waals surface area (Å²) in [5.41, 5.74) is 2.12. The van der Waals surface area contributed by atoms with Crippen molar-refractivity contribution in [2.75, 3.05) is 0 Å². The third-order valence-electron chi connectivity index (χ3n) is 3.01. The maximum atomic E-state index is 11.2. The maximum absolute atomic E-state index is 11.2. The van der Waals surface area contributed by atoms with Gasteiger partial charge in [0.2, 0.25) is 0 Å². The summed E-state index contributed by atoms with van der Waals surface area (Å²) < 4.78 is 0. The van der Waals surface area contributed by atoms with E-state index in [1.54, 1.807) is 6.20 Å². The van der Waals surface area contributed by atoms with Crippen molar-refractivity contribution in [1.29, 1.82) is 0 Å². The molecule has 19 heavy (non-hydrogen) atoms. The summed E-state index contributed by atoms with van der Waals surface area (Å²) in [6, 6.07) is 3.40. The third kappa shape index (κ3) is 6.34. The molecule has 1 aromatic rings. The van der Waals surface area contributed by atoms with Crippen LogP contribution in [0.15, 0.2) is 18.3 Å². The summed E-state index contributed by atoms with van der Waals surface area (Å²) in [7, 11) is 0. The van der Waals surface area contributed by atoms with Gasteiger partial charge < -0.3 is 10.4 Å². The van der Waals surface area contributed by atoms with E-state index < -0.39 is 12.0 Å². The molecule has 0 amide bonds. The molecule has 1 aromatic heterocycles. The molecule has 0 aliphatic carbocycles. The van der Waals surface area contributed by atoms with E-state index in [0.717, 1.165) is 17.7 Å². The summed E-state index contributed by atoms with van der Waals surface area (Å²) in [6.45, 7) is 8.83. The number of hydrogen-bond acceptors (Lipinski definition) is 3. The first-order chi connectivity index (χ1) is 8.78. The number of aryl methyl sites for hydroxylation is 1. The van der Waals surface area contributed by atoms with Crippen molar-refractivity contribution in [3.05, 3.63) is 29.6 Å². The van der Waals surface area contributed by atoms with Crippen LogP contribution in [-0.4, -0.2) is 22.1 Å². The lowest BCUT2D eigenvalue weighted by atomic mass is 9.88. The predicted octanol–water partition coefficient (Wildman–Crippen LogP) is 2.76. The Labute approximate surface area is 115 Å². The number of nitrogens with zero attached hydrogens (tertiary/aromatic N) is 1. The smallest absolute Gasteiger partial charge is 0.320 e. The normalized spacial score (nSPS) is 13.3. The molecule has 0 aliphatic rings. The molecular formula is C15H24N2O2. The average Bonchev–Trinajstić information content (AvgIpc) is 2.29. The number of hydrogen-bond donors (Lipinski definition) is 2. The minimum absolute atomic E-state index is 0.154. The van der Waals surface area contributed by atoms with Gasteiger partial charge in [-0.05, 0) is 36.8 Å². The van der Waals surface area contributed by atoms with Gasteiger partial charge in [0.05, 0.1) is 0 Å². The van der Waals surface area contributed by atoms with E-state index in [1.165, 1.54) is 0 Å². The molecule has 0 spiro atoms. The van der Waals surface area contributed by atoms with E-state index in [1.807, 2.05) is 19.1 Å². The topological polar surface area (TPSA) is 62.2 Å². The van der Waals surface area contributed by atoms with Crippen molar-refractivity contribution < 1.29 is 9.90 Å². The molecule has 0 bridgehead atoms. The molecule has 4 nitrogen and oxygen atoms in total. The Morgan fingerprint density at radius 2 is 2.11 bits per heavy atom. The lowest BCUT2D eigenvalue weighted by Crippen LogP contribution is -2.37. The second kappa shape index (κ2) is 6.66. The van der Waals surface area contributed by atoms with Crippen LogP contribution in [0.2, 0.25) is 0 Å². The molecule has 0 aliphatic heterocycles. The largest absolute Gasteiger partial charge is 0.480 e. The number of rotatable bonds is 6. The molecule has 0 saturated carbocycles. The Kier molecular flexibility index (Phi) is 5.48. The van der Waals surface area contributed by atoms with Gasteiger partial charge in [0.25, 0.3) is 0 Å². The highest BCUT2D eigenvalue weighted by molar-refractivity contribution is 5.73. The maximum Gasteiger partial charge on any atom is 0.320 e. The Balaban J connectivity index is 2.50. The number of aliphatic carboxylic acids is 1. The van der Waals surface area contributed by atoms with Gasteiger partial charge in [-0.15, -0.1) is 0 Å². The number of carbonyl (C=O) groups is 1. The first-order valence-electron chi connectivity index (χ1n) is 6.66. The van der Waals surface area contributed by atoms with Gasteiger partial charge in [-0.1, -0.05) is 26.8 Å². The van der Waals surface area contributed by atoms with Gasteiger partial charge in [-0.25, -0.2) is 0 Å². The molecule has 0 fully saturated rings. The van der Waals surface area contributed by atoms with Crippen molar-refractivity contribution >= 4 is 5.97 Å². The van der Waals surface area contributed by atoms with Gasteiger partial charge in [0.1, 0.15) is 6.04 Å². The van der Waals surface area contributed by atoms with E-state index in [9.17, 15) is 9.90 Å². The first-order valence-corrected chi connectivity index (χ1v) is 6.66. The number of nitrogens with one attached hydrogen (secondary N) is 1. The van der Waals surface area contributed by atoms with Crippen LogP contribution in [-0.2, 0) is 11.3 Å². The second-order valence-corrected chi connectivity index (χ2v) is 6.18. The number of carboxylic acid groups (broad SMARTS) is 1. The highest BCUT2D eigenvalue weighted by atomic mass is 16.4. The molecule has 0 saturated heterocycles. The highest BCUT2D eigenvalue weighted by Gasteiger charge is 2.20. The van der Waals surface area contributed by atoms with Crippen LogP contribution in [0.5, 0.6) is 0 Å². The van der Waals surface area contributed by atoms with Gasteiger partial charge in [-0.2, -0.15) is 0 Å². The molecular weight excluding hydrogens is 240 g/mol. The second-order valence-electron chi connectivity index (χ2n) is 6.18. The summed E-state index contributed by atoms with van der Waals surface area (Å²) >= 11 is 0. The first kappa shape index (κ1) is 15.6. The summed E-state index contributed by atoms with van der Waals surface area (Å²) in [5.74, 6) is -0.788. The van der Waals surface area contributed by atoms with E-state index in [4.69, 9.17) is 0 Å². The zero-order valence-electron chi connectivity index (χ0n) is 12.2. The van der Waals surface area contributed by atoms with Crippen LogP contribution in [0.3, 0.4) is 0 Å². The van der Waals surface area contributed by atoms with Gasteiger partial charge in [0.15, 0.2) is 0 Å². The number of carboxylic acids is 1. The zero-order valence-corrected chi connectivity index (χ0v) is 12.2. The van der Waals surface area contributed by atoms with E-state index >= 15 is 0 Å². The molecule has 0 radical (unpaired) electrons. The standard InChI is InChI=1S/C15H24N2O2/c1-11-5-6-12(9-16-11)10-17-13(14(18)19)7-8-15(2,3)4/h5-6,9,13,17H,7-8,10H2,1-4H3,(H,18,19). The number of aromatic nitrogens is 1. The fraction of sp³-hybridized carbons (Fsp3) is 0.600. The summed E-state index contributed by atoms with van der Waals surface area (Å²) in [4.78, 5) is 15.4. The Hall–Kier alpha value is -1.42. The average molecular weight is 264 g/mol. The molecule has 1 rings (SSSR count). The van der Waals surface area contributed by atoms with E-state index in [0.29, 0.717) is 13.0 Å². The van der Waals surface area contributed by atoms with Gasteiger partial charge >= 0.3 is 5.97 Å². The van der Waals surface area contributed by atoms with Crippen LogP contribution in [0.25, 0.3) is 0 Å². The van der Waals surface area contributed by atoms with Crippen molar-refractivity contribution in [1.82, 2.24) is 10.3 Å². The predicted molar refractivity (Wildman–Crippen MR) is 75.9 cm³/mol.